The Balaban J connectivity index is 1.72. The summed E-state index contributed by atoms with van der Waals surface area (Å²) in [6.45, 7) is 8.17. The van der Waals surface area contributed by atoms with E-state index in [1.165, 1.54) is 17.8 Å². The second-order valence-electron chi connectivity index (χ2n) is 7.43. The molecule has 0 saturated carbocycles. The molecule has 2 amide bonds. The summed E-state index contributed by atoms with van der Waals surface area (Å²) in [5, 5.41) is 5.71. The van der Waals surface area contributed by atoms with E-state index in [9.17, 15) is 9.59 Å². The predicted octanol–water partition coefficient (Wildman–Crippen LogP) is 5.33. The monoisotopic (exact) mass is 387 g/mol. The lowest BCUT2D eigenvalue weighted by molar-refractivity contribution is 0.102. The van der Waals surface area contributed by atoms with Crippen LogP contribution in [0.4, 0.5) is 11.4 Å². The maximum Gasteiger partial charge on any atom is 0.274 e. The lowest BCUT2D eigenvalue weighted by Gasteiger charge is -2.10. The quantitative estimate of drug-likeness (QED) is 0.622. The first-order valence-electron chi connectivity index (χ1n) is 9.59. The van der Waals surface area contributed by atoms with E-state index in [0.717, 1.165) is 16.8 Å². The molecule has 1 heterocycles. The number of aryl methyl sites for hydroxylation is 2. The minimum atomic E-state index is -0.354. The number of nitrogens with zero attached hydrogens (tertiary/aromatic N) is 1. The summed E-state index contributed by atoms with van der Waals surface area (Å²) >= 11 is 0. The molecular weight excluding hydrogens is 362 g/mol. The summed E-state index contributed by atoms with van der Waals surface area (Å²) < 4.78 is 0. The average Bonchev–Trinajstić information content (AvgIpc) is 2.70. The Morgan fingerprint density at radius 2 is 1.59 bits per heavy atom. The third-order valence-corrected chi connectivity index (χ3v) is 4.72. The Labute approximate surface area is 171 Å². The summed E-state index contributed by atoms with van der Waals surface area (Å²) in [4.78, 5) is 29.3. The Bertz CT molecular complexity index is 1040. The van der Waals surface area contributed by atoms with Crippen LogP contribution >= 0.6 is 0 Å². The number of rotatable bonds is 5. The molecule has 5 nitrogen and oxygen atoms in total. The van der Waals surface area contributed by atoms with E-state index < -0.39 is 0 Å². The molecule has 0 aliphatic rings. The van der Waals surface area contributed by atoms with E-state index in [0.29, 0.717) is 17.2 Å². The van der Waals surface area contributed by atoms with E-state index in [4.69, 9.17) is 0 Å². The van der Waals surface area contributed by atoms with Crippen LogP contribution in [0.5, 0.6) is 0 Å². The summed E-state index contributed by atoms with van der Waals surface area (Å²) in [6, 6.07) is 16.6. The number of amides is 2. The van der Waals surface area contributed by atoms with Crippen molar-refractivity contribution in [1.29, 1.82) is 0 Å². The van der Waals surface area contributed by atoms with E-state index in [1.807, 2.05) is 56.3 Å². The van der Waals surface area contributed by atoms with Crippen molar-refractivity contribution < 1.29 is 9.59 Å². The summed E-state index contributed by atoms with van der Waals surface area (Å²) in [5.74, 6) is -0.212. The molecule has 1 aromatic heterocycles. The van der Waals surface area contributed by atoms with Crippen molar-refractivity contribution in [2.75, 3.05) is 10.6 Å². The van der Waals surface area contributed by atoms with Crippen molar-refractivity contribution in [2.45, 2.75) is 33.6 Å². The number of anilines is 2. The van der Waals surface area contributed by atoms with E-state index >= 15 is 0 Å². The van der Waals surface area contributed by atoms with Crippen LogP contribution < -0.4 is 10.6 Å². The van der Waals surface area contributed by atoms with Gasteiger partial charge in [-0.15, -0.1) is 0 Å². The van der Waals surface area contributed by atoms with Crippen LogP contribution in [0.2, 0.25) is 0 Å². The normalized spacial score (nSPS) is 10.7. The van der Waals surface area contributed by atoms with Gasteiger partial charge in [-0.1, -0.05) is 43.7 Å². The van der Waals surface area contributed by atoms with Gasteiger partial charge in [-0.2, -0.15) is 0 Å². The highest BCUT2D eigenvalue weighted by Crippen LogP contribution is 2.19. The zero-order chi connectivity index (χ0) is 21.0. The van der Waals surface area contributed by atoms with Gasteiger partial charge < -0.3 is 10.6 Å². The molecule has 3 aromatic rings. The highest BCUT2D eigenvalue weighted by Gasteiger charge is 2.13. The van der Waals surface area contributed by atoms with Gasteiger partial charge in [-0.05, 0) is 61.2 Å². The molecule has 0 spiro atoms. The van der Waals surface area contributed by atoms with Crippen molar-refractivity contribution in [1.82, 2.24) is 4.98 Å². The van der Waals surface area contributed by atoms with Crippen molar-refractivity contribution in [3.05, 3.63) is 88.7 Å². The van der Waals surface area contributed by atoms with Crippen LogP contribution in [0.3, 0.4) is 0 Å². The van der Waals surface area contributed by atoms with E-state index in [2.05, 4.69) is 29.5 Å². The molecular formula is C24H25N3O2. The number of hydrogen-bond acceptors (Lipinski definition) is 3. The van der Waals surface area contributed by atoms with Crippen LogP contribution in [-0.2, 0) is 0 Å². The van der Waals surface area contributed by atoms with Gasteiger partial charge in [0.15, 0.2) is 0 Å². The van der Waals surface area contributed by atoms with Gasteiger partial charge in [0.05, 0.1) is 0 Å². The summed E-state index contributed by atoms with van der Waals surface area (Å²) in [6.07, 6.45) is 1.47. The average molecular weight is 387 g/mol. The number of benzene rings is 2. The highest BCUT2D eigenvalue weighted by molar-refractivity contribution is 6.08. The Hall–Kier alpha value is -3.47. The lowest BCUT2D eigenvalue weighted by atomic mass is 10.0. The van der Waals surface area contributed by atoms with Gasteiger partial charge in [-0.25, -0.2) is 0 Å². The first kappa shape index (κ1) is 20.3. The number of hydrogen-bond donors (Lipinski definition) is 2. The molecule has 0 radical (unpaired) electrons. The minimum absolute atomic E-state index is 0.188. The zero-order valence-corrected chi connectivity index (χ0v) is 17.1. The molecule has 29 heavy (non-hydrogen) atoms. The molecule has 5 heteroatoms. The first-order chi connectivity index (χ1) is 13.8. The number of pyridine rings is 1. The Kier molecular flexibility index (Phi) is 6.07. The Morgan fingerprint density at radius 3 is 2.24 bits per heavy atom. The molecule has 0 aliphatic heterocycles. The minimum Gasteiger partial charge on any atom is -0.322 e. The Morgan fingerprint density at radius 1 is 0.862 bits per heavy atom. The standard InChI is InChI=1S/C24H25N3O2/c1-15(2)18-6-8-20(9-7-18)26-23(28)19-11-12-25-22(14-19)24(29)27-21-10-5-16(3)13-17(21)4/h5-15H,1-4H3,(H,26,28)(H,27,29). The fourth-order valence-electron chi connectivity index (χ4n) is 2.99. The number of aromatic nitrogens is 1. The SMILES string of the molecule is Cc1ccc(NC(=O)c2cc(C(=O)Nc3ccc(C(C)C)cc3)ccn2)c(C)c1. The maximum absolute atomic E-state index is 12.6. The van der Waals surface area contributed by atoms with Crippen molar-refractivity contribution in [3.63, 3.8) is 0 Å². The van der Waals surface area contributed by atoms with Crippen molar-refractivity contribution >= 4 is 23.2 Å². The molecule has 0 saturated heterocycles. The largest absolute Gasteiger partial charge is 0.322 e. The first-order valence-corrected chi connectivity index (χ1v) is 9.59. The van der Waals surface area contributed by atoms with Gasteiger partial charge in [0.2, 0.25) is 0 Å². The number of nitrogens with one attached hydrogen (secondary N) is 2. The van der Waals surface area contributed by atoms with Crippen LogP contribution in [0.15, 0.2) is 60.8 Å². The number of carbonyl (C=O) groups excluding carboxylic acids is 2. The van der Waals surface area contributed by atoms with Crippen molar-refractivity contribution in [3.8, 4) is 0 Å². The third-order valence-electron chi connectivity index (χ3n) is 4.72. The molecule has 0 bridgehead atoms. The second kappa shape index (κ2) is 8.69. The molecule has 2 N–H and O–H groups in total. The lowest BCUT2D eigenvalue weighted by Crippen LogP contribution is -2.17. The molecule has 3 rings (SSSR count). The fraction of sp³-hybridized carbons (Fsp3) is 0.208. The molecule has 148 valence electrons. The highest BCUT2D eigenvalue weighted by atomic mass is 16.2. The topological polar surface area (TPSA) is 71.1 Å². The summed E-state index contributed by atoms with van der Waals surface area (Å²) in [5.41, 5.74) is 5.29. The van der Waals surface area contributed by atoms with Gasteiger partial charge in [0, 0.05) is 23.1 Å². The third kappa shape index (κ3) is 5.08. The molecule has 0 aliphatic carbocycles. The molecule has 0 atom stereocenters. The smallest absolute Gasteiger partial charge is 0.274 e. The van der Waals surface area contributed by atoms with Crippen LogP contribution in [0.1, 0.15) is 57.3 Å². The van der Waals surface area contributed by atoms with Gasteiger partial charge in [-0.3, -0.25) is 14.6 Å². The second-order valence-corrected chi connectivity index (χ2v) is 7.43. The van der Waals surface area contributed by atoms with Gasteiger partial charge in [0.25, 0.3) is 11.8 Å². The zero-order valence-electron chi connectivity index (χ0n) is 17.1. The summed E-state index contributed by atoms with van der Waals surface area (Å²) in [7, 11) is 0. The van der Waals surface area contributed by atoms with Gasteiger partial charge >= 0.3 is 0 Å². The van der Waals surface area contributed by atoms with Gasteiger partial charge in [0.1, 0.15) is 5.69 Å². The van der Waals surface area contributed by atoms with Crippen molar-refractivity contribution in [2.24, 2.45) is 0 Å². The molecule has 0 unspecified atom stereocenters. The van der Waals surface area contributed by atoms with Crippen LogP contribution in [0.25, 0.3) is 0 Å². The van der Waals surface area contributed by atoms with E-state index in [1.54, 1.807) is 6.07 Å². The molecule has 2 aromatic carbocycles. The van der Waals surface area contributed by atoms with Crippen LogP contribution in [-0.4, -0.2) is 16.8 Å². The maximum atomic E-state index is 12.6. The fourth-order valence-corrected chi connectivity index (χ4v) is 2.99. The van der Waals surface area contributed by atoms with E-state index in [-0.39, 0.29) is 17.5 Å². The van der Waals surface area contributed by atoms with Crippen LogP contribution in [0, 0.1) is 13.8 Å². The number of carbonyl (C=O) groups is 2. The predicted molar refractivity (Wildman–Crippen MR) is 117 cm³/mol. The molecule has 0 fully saturated rings.